The average Bonchev–Trinajstić information content (AvgIpc) is 2.55. The SMILES string of the molecule is C[C@@H]1[C@H]2C=C[C@H](C2)[C@]1(Cl)C(=O)O. The van der Waals surface area contributed by atoms with Gasteiger partial charge in [0, 0.05) is 5.92 Å². The maximum atomic E-state index is 11.0. The fraction of sp³-hybridized carbons (Fsp3) is 0.667. The number of aliphatic carboxylic acids is 1. The predicted octanol–water partition coefficient (Wildman–Crippen LogP) is 1.89. The molecular formula is C9H11ClO2. The van der Waals surface area contributed by atoms with Crippen molar-refractivity contribution in [1.82, 2.24) is 0 Å². The molecule has 0 saturated heterocycles. The number of allylic oxidation sites excluding steroid dienone is 2. The number of halogens is 1. The first-order chi connectivity index (χ1) is 5.56. The fourth-order valence-corrected chi connectivity index (χ4v) is 2.74. The second-order valence-electron chi connectivity index (χ2n) is 3.75. The van der Waals surface area contributed by atoms with Gasteiger partial charge in [-0.25, -0.2) is 0 Å². The molecule has 0 radical (unpaired) electrons. The molecule has 0 aromatic carbocycles. The normalized spacial score (nSPS) is 50.0. The summed E-state index contributed by atoms with van der Waals surface area (Å²) in [5.74, 6) is -0.388. The zero-order valence-corrected chi connectivity index (χ0v) is 7.58. The monoisotopic (exact) mass is 186 g/mol. The van der Waals surface area contributed by atoms with Crippen molar-refractivity contribution >= 4 is 17.6 Å². The second-order valence-corrected chi connectivity index (χ2v) is 4.38. The topological polar surface area (TPSA) is 37.3 Å². The molecule has 0 aromatic heterocycles. The fourth-order valence-electron chi connectivity index (χ4n) is 2.41. The van der Waals surface area contributed by atoms with Gasteiger partial charge in [-0.1, -0.05) is 19.1 Å². The molecule has 2 rings (SSSR count). The minimum Gasteiger partial charge on any atom is -0.480 e. The molecule has 2 nitrogen and oxygen atoms in total. The van der Waals surface area contributed by atoms with Crippen LogP contribution >= 0.6 is 11.6 Å². The number of hydrogen-bond acceptors (Lipinski definition) is 1. The highest BCUT2D eigenvalue weighted by Crippen LogP contribution is 2.54. The van der Waals surface area contributed by atoms with E-state index in [9.17, 15) is 4.79 Å². The van der Waals surface area contributed by atoms with Crippen molar-refractivity contribution in [3.8, 4) is 0 Å². The van der Waals surface area contributed by atoms with E-state index in [1.54, 1.807) is 0 Å². The smallest absolute Gasteiger partial charge is 0.325 e. The van der Waals surface area contributed by atoms with E-state index in [1.165, 1.54) is 0 Å². The minimum atomic E-state index is -1.03. The highest BCUT2D eigenvalue weighted by molar-refractivity contribution is 6.34. The van der Waals surface area contributed by atoms with E-state index in [0.29, 0.717) is 5.92 Å². The van der Waals surface area contributed by atoms with Gasteiger partial charge in [-0.15, -0.1) is 11.6 Å². The quantitative estimate of drug-likeness (QED) is 0.502. The number of rotatable bonds is 1. The summed E-state index contributed by atoms with van der Waals surface area (Å²) in [6, 6.07) is 0. The maximum absolute atomic E-state index is 11.0. The van der Waals surface area contributed by atoms with E-state index in [4.69, 9.17) is 16.7 Å². The largest absolute Gasteiger partial charge is 0.480 e. The van der Waals surface area contributed by atoms with Crippen LogP contribution in [0.2, 0.25) is 0 Å². The van der Waals surface area contributed by atoms with Gasteiger partial charge < -0.3 is 5.11 Å². The van der Waals surface area contributed by atoms with E-state index in [-0.39, 0.29) is 11.8 Å². The molecule has 0 aromatic rings. The molecule has 0 aliphatic heterocycles. The van der Waals surface area contributed by atoms with Crippen molar-refractivity contribution in [3.05, 3.63) is 12.2 Å². The van der Waals surface area contributed by atoms with Crippen molar-refractivity contribution in [2.75, 3.05) is 0 Å². The number of carbonyl (C=O) groups is 1. The van der Waals surface area contributed by atoms with E-state index in [0.717, 1.165) is 6.42 Å². The van der Waals surface area contributed by atoms with Crippen LogP contribution < -0.4 is 0 Å². The van der Waals surface area contributed by atoms with Crippen LogP contribution in [0, 0.1) is 17.8 Å². The molecule has 0 unspecified atom stereocenters. The van der Waals surface area contributed by atoms with Crippen LogP contribution in [0.3, 0.4) is 0 Å². The van der Waals surface area contributed by atoms with E-state index >= 15 is 0 Å². The summed E-state index contributed by atoms with van der Waals surface area (Å²) in [6.07, 6.45) is 4.96. The Labute approximate surface area is 76.2 Å². The summed E-state index contributed by atoms with van der Waals surface area (Å²) in [4.78, 5) is 9.93. The minimum absolute atomic E-state index is 0.0386. The third kappa shape index (κ3) is 0.738. The molecule has 1 saturated carbocycles. The summed E-state index contributed by atoms with van der Waals surface area (Å²) in [5, 5.41) is 9.00. The number of fused-ring (bicyclic) bond motifs is 2. The standard InChI is InChI=1S/C9H11ClO2/c1-5-6-2-3-7(4-6)9(5,10)8(11)12/h2-3,5-7H,4H2,1H3,(H,11,12)/t5-,6+,7-,9+/m1/s1. The predicted molar refractivity (Wildman–Crippen MR) is 46.1 cm³/mol. The van der Waals surface area contributed by atoms with Crippen LogP contribution in [0.1, 0.15) is 13.3 Å². The molecule has 66 valence electrons. The molecule has 3 heteroatoms. The van der Waals surface area contributed by atoms with Crippen LogP contribution in [0.4, 0.5) is 0 Å². The summed E-state index contributed by atoms with van der Waals surface area (Å²) in [6.45, 7) is 1.93. The highest BCUT2D eigenvalue weighted by Gasteiger charge is 2.57. The first-order valence-corrected chi connectivity index (χ1v) is 4.55. The Morgan fingerprint density at radius 2 is 2.33 bits per heavy atom. The van der Waals surface area contributed by atoms with Gasteiger partial charge in [0.25, 0.3) is 0 Å². The summed E-state index contributed by atoms with van der Waals surface area (Å²) >= 11 is 6.10. The lowest BCUT2D eigenvalue weighted by Gasteiger charge is -2.29. The van der Waals surface area contributed by atoms with Gasteiger partial charge in [0.2, 0.25) is 0 Å². The Hall–Kier alpha value is -0.500. The molecule has 0 amide bonds. The second kappa shape index (κ2) is 2.25. The molecule has 4 atom stereocenters. The van der Waals surface area contributed by atoms with Gasteiger partial charge in [0.1, 0.15) is 0 Å². The van der Waals surface area contributed by atoms with Gasteiger partial charge >= 0.3 is 5.97 Å². The Balaban J connectivity index is 2.39. The average molecular weight is 187 g/mol. The molecule has 2 bridgehead atoms. The van der Waals surface area contributed by atoms with Crippen molar-refractivity contribution in [2.24, 2.45) is 17.8 Å². The zero-order valence-electron chi connectivity index (χ0n) is 6.83. The third-order valence-corrected chi connectivity index (χ3v) is 4.08. The molecule has 12 heavy (non-hydrogen) atoms. The van der Waals surface area contributed by atoms with Gasteiger partial charge in [0.15, 0.2) is 4.87 Å². The molecular weight excluding hydrogens is 176 g/mol. The van der Waals surface area contributed by atoms with Crippen LogP contribution in [0.5, 0.6) is 0 Å². The van der Waals surface area contributed by atoms with E-state index in [2.05, 4.69) is 6.08 Å². The van der Waals surface area contributed by atoms with Crippen LogP contribution in [0.25, 0.3) is 0 Å². The Kier molecular flexibility index (Phi) is 1.52. The lowest BCUT2D eigenvalue weighted by Crippen LogP contribution is -2.42. The number of alkyl halides is 1. The summed E-state index contributed by atoms with van der Waals surface area (Å²) in [7, 11) is 0. The van der Waals surface area contributed by atoms with Crippen molar-refractivity contribution in [2.45, 2.75) is 18.2 Å². The van der Waals surface area contributed by atoms with Crippen LogP contribution in [-0.4, -0.2) is 16.0 Å². The Bertz CT molecular complexity index is 261. The zero-order chi connectivity index (χ0) is 8.93. The molecule has 2 aliphatic carbocycles. The molecule has 0 heterocycles. The molecule has 1 N–H and O–H groups in total. The third-order valence-electron chi connectivity index (χ3n) is 3.29. The van der Waals surface area contributed by atoms with Crippen LogP contribution in [-0.2, 0) is 4.79 Å². The number of carboxylic acids is 1. The molecule has 0 spiro atoms. The highest BCUT2D eigenvalue weighted by atomic mass is 35.5. The summed E-state index contributed by atoms with van der Waals surface area (Å²) < 4.78 is 0. The van der Waals surface area contributed by atoms with Gasteiger partial charge in [-0.2, -0.15) is 0 Å². The van der Waals surface area contributed by atoms with Gasteiger partial charge in [0.05, 0.1) is 0 Å². The first-order valence-electron chi connectivity index (χ1n) is 4.17. The van der Waals surface area contributed by atoms with Crippen molar-refractivity contribution in [3.63, 3.8) is 0 Å². The Morgan fingerprint density at radius 1 is 1.67 bits per heavy atom. The molecule has 2 aliphatic rings. The number of hydrogen-bond donors (Lipinski definition) is 1. The van der Waals surface area contributed by atoms with Crippen molar-refractivity contribution < 1.29 is 9.90 Å². The van der Waals surface area contributed by atoms with Crippen LogP contribution in [0.15, 0.2) is 12.2 Å². The number of carboxylic acid groups (broad SMARTS) is 1. The van der Waals surface area contributed by atoms with E-state index in [1.807, 2.05) is 13.0 Å². The van der Waals surface area contributed by atoms with Gasteiger partial charge in [-0.3, -0.25) is 4.79 Å². The van der Waals surface area contributed by atoms with E-state index < -0.39 is 10.8 Å². The first kappa shape index (κ1) is 8.11. The lowest BCUT2D eigenvalue weighted by atomic mass is 9.84. The maximum Gasteiger partial charge on any atom is 0.325 e. The Morgan fingerprint density at radius 3 is 2.67 bits per heavy atom. The van der Waals surface area contributed by atoms with Gasteiger partial charge in [-0.05, 0) is 18.3 Å². The lowest BCUT2D eigenvalue weighted by molar-refractivity contribution is -0.142. The summed E-state index contributed by atoms with van der Waals surface area (Å²) in [5.41, 5.74) is 0. The molecule has 1 fully saturated rings. The van der Waals surface area contributed by atoms with Crippen molar-refractivity contribution in [1.29, 1.82) is 0 Å².